The minimum absolute atomic E-state index is 0.0123. The van der Waals surface area contributed by atoms with Gasteiger partial charge >= 0.3 is 0 Å². The maximum atomic E-state index is 13.4. The second-order valence-corrected chi connectivity index (χ2v) is 8.71. The van der Waals surface area contributed by atoms with E-state index >= 15 is 0 Å². The quantitative estimate of drug-likeness (QED) is 0.562. The van der Waals surface area contributed by atoms with Gasteiger partial charge in [0.2, 0.25) is 5.95 Å². The van der Waals surface area contributed by atoms with E-state index in [4.69, 9.17) is 9.72 Å². The van der Waals surface area contributed by atoms with Crippen molar-refractivity contribution in [2.45, 2.75) is 39.2 Å². The Hall–Kier alpha value is -3.48. The van der Waals surface area contributed by atoms with E-state index in [-0.39, 0.29) is 18.6 Å². The molecule has 0 saturated carbocycles. The molecule has 0 unspecified atom stereocenters. The van der Waals surface area contributed by atoms with Crippen LogP contribution in [0.4, 0.5) is 5.95 Å². The number of anilines is 1. The SMILES string of the molecule is Cc1cccc(C)c1OCC(=O)N1CCCC[C@@H]1c1nc(N(C)C)ncc1-c1ccncc1. The number of carbonyl (C=O) groups excluding carboxylic acids is 1. The van der Waals surface area contributed by atoms with Gasteiger partial charge in [0.25, 0.3) is 5.91 Å². The average molecular weight is 446 g/mol. The highest BCUT2D eigenvalue weighted by Crippen LogP contribution is 2.36. The number of likely N-dealkylation sites (tertiary alicyclic amines) is 1. The Morgan fingerprint density at radius 2 is 1.85 bits per heavy atom. The first-order chi connectivity index (χ1) is 16.0. The third-order valence-electron chi connectivity index (χ3n) is 6.08. The topological polar surface area (TPSA) is 71.5 Å². The van der Waals surface area contributed by atoms with Gasteiger partial charge in [-0.2, -0.15) is 0 Å². The molecule has 1 aliphatic heterocycles. The molecule has 1 amide bonds. The summed E-state index contributed by atoms with van der Waals surface area (Å²) in [6.07, 6.45) is 8.27. The molecule has 0 N–H and O–H groups in total. The zero-order chi connectivity index (χ0) is 23.4. The molecule has 2 aromatic heterocycles. The molecular formula is C26H31N5O2. The van der Waals surface area contributed by atoms with Crippen molar-refractivity contribution in [2.75, 3.05) is 32.1 Å². The van der Waals surface area contributed by atoms with Gasteiger partial charge in [-0.3, -0.25) is 9.78 Å². The van der Waals surface area contributed by atoms with Crippen LogP contribution in [0.5, 0.6) is 5.75 Å². The minimum Gasteiger partial charge on any atom is -0.483 e. The fourth-order valence-electron chi connectivity index (χ4n) is 4.37. The van der Waals surface area contributed by atoms with Crippen LogP contribution in [0.1, 0.15) is 42.1 Å². The monoisotopic (exact) mass is 445 g/mol. The number of aromatic nitrogens is 3. The summed E-state index contributed by atoms with van der Waals surface area (Å²) < 4.78 is 6.00. The summed E-state index contributed by atoms with van der Waals surface area (Å²) in [6.45, 7) is 4.71. The lowest BCUT2D eigenvalue weighted by Crippen LogP contribution is -2.41. The lowest BCUT2D eigenvalue weighted by atomic mass is 9.94. The number of piperidine rings is 1. The van der Waals surface area contributed by atoms with Crippen LogP contribution < -0.4 is 9.64 Å². The van der Waals surface area contributed by atoms with E-state index in [1.807, 2.05) is 74.3 Å². The molecule has 7 heteroatoms. The molecule has 4 rings (SSSR count). The first kappa shape index (κ1) is 22.7. The molecule has 7 nitrogen and oxygen atoms in total. The number of rotatable bonds is 6. The lowest BCUT2D eigenvalue weighted by Gasteiger charge is -2.36. The molecule has 3 heterocycles. The summed E-state index contributed by atoms with van der Waals surface area (Å²) >= 11 is 0. The van der Waals surface area contributed by atoms with Gasteiger partial charge in [0.15, 0.2) is 6.61 Å². The zero-order valence-electron chi connectivity index (χ0n) is 19.8. The van der Waals surface area contributed by atoms with Crippen LogP contribution in [-0.2, 0) is 4.79 Å². The van der Waals surface area contributed by atoms with Crippen molar-refractivity contribution in [1.29, 1.82) is 0 Å². The molecule has 1 saturated heterocycles. The first-order valence-electron chi connectivity index (χ1n) is 11.4. The number of hydrogen-bond acceptors (Lipinski definition) is 6. The number of para-hydroxylation sites is 1. The van der Waals surface area contributed by atoms with Gasteiger partial charge in [-0.1, -0.05) is 18.2 Å². The maximum Gasteiger partial charge on any atom is 0.261 e. The second kappa shape index (κ2) is 9.98. The Morgan fingerprint density at radius 3 is 2.55 bits per heavy atom. The third-order valence-corrected chi connectivity index (χ3v) is 6.08. The fourth-order valence-corrected chi connectivity index (χ4v) is 4.37. The predicted octanol–water partition coefficient (Wildman–Crippen LogP) is 4.35. The van der Waals surface area contributed by atoms with Gasteiger partial charge in [-0.25, -0.2) is 9.97 Å². The summed E-state index contributed by atoms with van der Waals surface area (Å²) in [5, 5.41) is 0. The Kier molecular flexibility index (Phi) is 6.87. The van der Waals surface area contributed by atoms with Crippen LogP contribution in [0.25, 0.3) is 11.1 Å². The van der Waals surface area contributed by atoms with Gasteiger partial charge in [-0.15, -0.1) is 0 Å². The van der Waals surface area contributed by atoms with Crippen molar-refractivity contribution in [2.24, 2.45) is 0 Å². The van der Waals surface area contributed by atoms with E-state index in [1.165, 1.54) is 0 Å². The molecular weight excluding hydrogens is 414 g/mol. The van der Waals surface area contributed by atoms with Crippen molar-refractivity contribution in [3.05, 3.63) is 65.7 Å². The third kappa shape index (κ3) is 4.97. The number of carbonyl (C=O) groups is 1. The number of benzene rings is 1. The van der Waals surface area contributed by atoms with Crippen molar-refractivity contribution in [3.8, 4) is 16.9 Å². The fraction of sp³-hybridized carbons (Fsp3) is 0.385. The van der Waals surface area contributed by atoms with Crippen molar-refractivity contribution in [1.82, 2.24) is 19.9 Å². The molecule has 0 spiro atoms. The summed E-state index contributed by atoms with van der Waals surface area (Å²) in [4.78, 5) is 30.8. The van der Waals surface area contributed by atoms with Crippen LogP contribution in [0.2, 0.25) is 0 Å². The molecule has 1 fully saturated rings. The van der Waals surface area contributed by atoms with E-state index in [1.54, 1.807) is 12.4 Å². The van der Waals surface area contributed by atoms with E-state index in [9.17, 15) is 4.79 Å². The molecule has 33 heavy (non-hydrogen) atoms. The highest BCUT2D eigenvalue weighted by Gasteiger charge is 2.32. The van der Waals surface area contributed by atoms with Crippen LogP contribution in [-0.4, -0.2) is 53.0 Å². The smallest absolute Gasteiger partial charge is 0.261 e. The molecule has 1 aliphatic rings. The van der Waals surface area contributed by atoms with E-state index in [0.717, 1.165) is 53.0 Å². The van der Waals surface area contributed by atoms with Crippen LogP contribution in [0.3, 0.4) is 0 Å². The van der Waals surface area contributed by atoms with Crippen molar-refractivity contribution in [3.63, 3.8) is 0 Å². The number of pyridine rings is 1. The predicted molar refractivity (Wildman–Crippen MR) is 129 cm³/mol. The normalized spacial score (nSPS) is 15.9. The summed E-state index contributed by atoms with van der Waals surface area (Å²) in [7, 11) is 3.85. The average Bonchev–Trinajstić information content (AvgIpc) is 2.83. The Balaban J connectivity index is 1.65. The van der Waals surface area contributed by atoms with Crippen LogP contribution >= 0.6 is 0 Å². The molecule has 1 aromatic carbocycles. The van der Waals surface area contributed by atoms with E-state index in [2.05, 4.69) is 9.97 Å². The summed E-state index contributed by atoms with van der Waals surface area (Å²) in [5.41, 5.74) is 4.87. The van der Waals surface area contributed by atoms with Gasteiger partial charge in [0.05, 0.1) is 11.7 Å². The van der Waals surface area contributed by atoms with Gasteiger partial charge < -0.3 is 14.5 Å². The van der Waals surface area contributed by atoms with E-state index in [0.29, 0.717) is 12.5 Å². The standard InChI is InChI=1S/C26H31N5O2/c1-18-8-7-9-19(2)25(18)33-17-23(32)31-15-6-5-10-22(31)24-21(20-11-13-27-14-12-20)16-28-26(29-24)30(3)4/h7-9,11-14,16,22H,5-6,10,15,17H2,1-4H3/t22-/m1/s1. The highest BCUT2D eigenvalue weighted by molar-refractivity contribution is 5.79. The number of aryl methyl sites for hydroxylation is 2. The van der Waals surface area contributed by atoms with Gasteiger partial charge in [0.1, 0.15) is 5.75 Å². The Morgan fingerprint density at radius 1 is 1.12 bits per heavy atom. The van der Waals surface area contributed by atoms with Crippen molar-refractivity contribution < 1.29 is 9.53 Å². The number of ether oxygens (including phenoxy) is 1. The number of amides is 1. The molecule has 1 atom stereocenters. The number of nitrogens with zero attached hydrogens (tertiary/aromatic N) is 5. The number of hydrogen-bond donors (Lipinski definition) is 0. The molecule has 0 aliphatic carbocycles. The van der Waals surface area contributed by atoms with Crippen LogP contribution in [0, 0.1) is 13.8 Å². The van der Waals surface area contributed by atoms with Crippen LogP contribution in [0.15, 0.2) is 48.9 Å². The minimum atomic E-state index is -0.127. The molecule has 172 valence electrons. The highest BCUT2D eigenvalue weighted by atomic mass is 16.5. The second-order valence-electron chi connectivity index (χ2n) is 8.71. The molecule has 0 radical (unpaired) electrons. The Labute approximate surface area is 195 Å². The lowest BCUT2D eigenvalue weighted by molar-refractivity contribution is -0.137. The van der Waals surface area contributed by atoms with Gasteiger partial charge in [0, 0.05) is 44.8 Å². The Bertz CT molecular complexity index is 1100. The maximum absolute atomic E-state index is 13.4. The molecule has 3 aromatic rings. The van der Waals surface area contributed by atoms with E-state index < -0.39 is 0 Å². The van der Waals surface area contributed by atoms with Gasteiger partial charge in [-0.05, 0) is 61.9 Å². The summed E-state index contributed by atoms with van der Waals surface area (Å²) in [6, 6.07) is 9.78. The largest absolute Gasteiger partial charge is 0.483 e. The van der Waals surface area contributed by atoms with Crippen molar-refractivity contribution >= 4 is 11.9 Å². The first-order valence-corrected chi connectivity index (χ1v) is 11.4. The molecule has 0 bridgehead atoms. The summed E-state index contributed by atoms with van der Waals surface area (Å²) in [5.74, 6) is 1.40. The zero-order valence-corrected chi connectivity index (χ0v) is 19.8.